The molecule has 0 aliphatic heterocycles. The SMILES string of the molecule is CCC(C(=O)NCc1nnc(SCc2ccccc2C)n1-c1ccc([N+](=O)[O-])cc1)c1ccccc1. The van der Waals surface area contributed by atoms with E-state index >= 15 is 0 Å². The van der Waals surface area contributed by atoms with Crippen LogP contribution in [-0.4, -0.2) is 25.6 Å². The first-order valence-corrected chi connectivity index (χ1v) is 12.7. The van der Waals surface area contributed by atoms with Crippen LogP contribution in [0.15, 0.2) is 84.0 Å². The molecule has 0 saturated carbocycles. The van der Waals surface area contributed by atoms with Crippen LogP contribution in [0.2, 0.25) is 0 Å². The number of hydrogen-bond donors (Lipinski definition) is 1. The molecule has 1 N–H and O–H groups in total. The summed E-state index contributed by atoms with van der Waals surface area (Å²) in [6.45, 7) is 4.23. The van der Waals surface area contributed by atoms with Gasteiger partial charge in [-0.1, -0.05) is 73.3 Å². The number of hydrogen-bond acceptors (Lipinski definition) is 6. The van der Waals surface area contributed by atoms with Crippen LogP contribution in [0.4, 0.5) is 5.69 Å². The maximum absolute atomic E-state index is 13.0. The minimum Gasteiger partial charge on any atom is -0.348 e. The van der Waals surface area contributed by atoms with Crippen molar-refractivity contribution in [2.75, 3.05) is 0 Å². The van der Waals surface area contributed by atoms with Gasteiger partial charge in [-0.3, -0.25) is 19.5 Å². The number of thioether (sulfide) groups is 1. The molecular weight excluding hydrogens is 474 g/mol. The lowest BCUT2D eigenvalue weighted by molar-refractivity contribution is -0.384. The molecule has 36 heavy (non-hydrogen) atoms. The van der Waals surface area contributed by atoms with Gasteiger partial charge in [-0.05, 0) is 42.2 Å². The van der Waals surface area contributed by atoms with Gasteiger partial charge in [0.05, 0.1) is 17.4 Å². The first-order valence-electron chi connectivity index (χ1n) is 11.7. The van der Waals surface area contributed by atoms with Crippen molar-refractivity contribution in [3.05, 3.63) is 111 Å². The number of nitro benzene ring substituents is 1. The largest absolute Gasteiger partial charge is 0.348 e. The standard InChI is InChI=1S/C27H27N5O3S/c1-3-24(20-10-5-4-6-11-20)26(33)28-17-25-29-30-27(36-18-21-12-8-7-9-19(21)2)31(25)22-13-15-23(16-14-22)32(34)35/h4-16,24H,3,17-18H2,1-2H3,(H,28,33). The van der Waals surface area contributed by atoms with Crippen molar-refractivity contribution in [1.82, 2.24) is 20.1 Å². The monoisotopic (exact) mass is 501 g/mol. The van der Waals surface area contributed by atoms with Crippen molar-refractivity contribution < 1.29 is 9.72 Å². The number of benzene rings is 3. The summed E-state index contributed by atoms with van der Waals surface area (Å²) in [7, 11) is 0. The van der Waals surface area contributed by atoms with Gasteiger partial charge in [0.25, 0.3) is 5.69 Å². The Morgan fingerprint density at radius 3 is 2.39 bits per heavy atom. The predicted molar refractivity (Wildman–Crippen MR) is 140 cm³/mol. The highest BCUT2D eigenvalue weighted by Crippen LogP contribution is 2.27. The smallest absolute Gasteiger partial charge is 0.269 e. The Hall–Kier alpha value is -3.98. The van der Waals surface area contributed by atoms with Gasteiger partial charge in [-0.25, -0.2) is 0 Å². The molecule has 1 aromatic heterocycles. The molecule has 0 spiro atoms. The van der Waals surface area contributed by atoms with Crippen LogP contribution in [0.3, 0.4) is 0 Å². The van der Waals surface area contributed by atoms with Crippen molar-refractivity contribution in [2.24, 2.45) is 0 Å². The molecule has 0 bridgehead atoms. The van der Waals surface area contributed by atoms with Gasteiger partial charge in [-0.2, -0.15) is 0 Å². The molecule has 0 saturated heterocycles. The Labute approximate surface area is 213 Å². The van der Waals surface area contributed by atoms with E-state index in [0.717, 1.165) is 5.56 Å². The molecule has 0 aliphatic rings. The van der Waals surface area contributed by atoms with E-state index in [0.29, 0.717) is 28.8 Å². The summed E-state index contributed by atoms with van der Waals surface area (Å²) in [5, 5.41) is 23.5. The minimum absolute atomic E-state index is 0.00411. The third-order valence-electron chi connectivity index (χ3n) is 5.98. The van der Waals surface area contributed by atoms with Gasteiger partial charge >= 0.3 is 0 Å². The van der Waals surface area contributed by atoms with Crippen LogP contribution in [0.5, 0.6) is 0 Å². The zero-order valence-corrected chi connectivity index (χ0v) is 20.9. The van der Waals surface area contributed by atoms with Crippen molar-refractivity contribution in [2.45, 2.75) is 43.6 Å². The molecule has 1 heterocycles. The van der Waals surface area contributed by atoms with E-state index < -0.39 is 4.92 Å². The van der Waals surface area contributed by atoms with E-state index in [9.17, 15) is 14.9 Å². The molecule has 0 fully saturated rings. The lowest BCUT2D eigenvalue weighted by atomic mass is 9.96. The summed E-state index contributed by atoms with van der Waals surface area (Å²) >= 11 is 1.53. The molecule has 9 heteroatoms. The quantitative estimate of drug-likeness (QED) is 0.173. The highest BCUT2D eigenvalue weighted by atomic mass is 32.2. The minimum atomic E-state index is -0.431. The van der Waals surface area contributed by atoms with Gasteiger partial charge in [0.2, 0.25) is 5.91 Å². The van der Waals surface area contributed by atoms with Crippen LogP contribution in [0.1, 0.15) is 41.8 Å². The third kappa shape index (κ3) is 5.80. The second-order valence-electron chi connectivity index (χ2n) is 8.31. The van der Waals surface area contributed by atoms with E-state index in [1.54, 1.807) is 12.1 Å². The maximum Gasteiger partial charge on any atom is 0.269 e. The number of aromatic nitrogens is 3. The maximum atomic E-state index is 13.0. The Balaban J connectivity index is 1.59. The topological polar surface area (TPSA) is 103 Å². The molecule has 4 rings (SSSR count). The number of carbonyl (C=O) groups excluding carboxylic acids is 1. The van der Waals surface area contributed by atoms with Crippen molar-refractivity contribution >= 4 is 23.4 Å². The molecular formula is C27H27N5O3S. The van der Waals surface area contributed by atoms with Gasteiger partial charge in [-0.15, -0.1) is 10.2 Å². The molecule has 1 atom stereocenters. The fourth-order valence-electron chi connectivity index (χ4n) is 3.95. The summed E-state index contributed by atoms with van der Waals surface area (Å²) in [5.41, 5.74) is 4.03. The molecule has 8 nitrogen and oxygen atoms in total. The lowest BCUT2D eigenvalue weighted by Gasteiger charge is -2.16. The number of nitro groups is 1. The number of rotatable bonds is 10. The predicted octanol–water partition coefficient (Wildman–Crippen LogP) is 5.59. The number of nitrogens with one attached hydrogen (secondary N) is 1. The number of carbonyl (C=O) groups is 1. The fraction of sp³-hybridized carbons (Fsp3) is 0.222. The van der Waals surface area contributed by atoms with Crippen molar-refractivity contribution in [3.8, 4) is 5.69 Å². The summed E-state index contributed by atoms with van der Waals surface area (Å²) < 4.78 is 1.84. The molecule has 184 valence electrons. The van der Waals surface area contributed by atoms with Gasteiger partial charge < -0.3 is 5.32 Å². The molecule has 4 aromatic rings. The number of aryl methyl sites for hydroxylation is 1. The highest BCUT2D eigenvalue weighted by molar-refractivity contribution is 7.98. The van der Waals surface area contributed by atoms with Crippen LogP contribution >= 0.6 is 11.8 Å². The Morgan fingerprint density at radius 2 is 1.72 bits per heavy atom. The second-order valence-corrected chi connectivity index (χ2v) is 9.25. The van der Waals surface area contributed by atoms with Crippen LogP contribution in [0, 0.1) is 17.0 Å². The van der Waals surface area contributed by atoms with Gasteiger partial charge in [0.1, 0.15) is 0 Å². The normalized spacial score (nSPS) is 11.7. The molecule has 1 amide bonds. The fourth-order valence-corrected chi connectivity index (χ4v) is 5.00. The van der Waals surface area contributed by atoms with Crippen molar-refractivity contribution in [3.63, 3.8) is 0 Å². The Bertz CT molecular complexity index is 1340. The van der Waals surface area contributed by atoms with E-state index in [1.165, 1.54) is 35.0 Å². The van der Waals surface area contributed by atoms with E-state index in [1.807, 2.05) is 54.0 Å². The molecule has 3 aromatic carbocycles. The lowest BCUT2D eigenvalue weighted by Crippen LogP contribution is -2.29. The number of nitrogens with zero attached hydrogens (tertiary/aromatic N) is 4. The van der Waals surface area contributed by atoms with Gasteiger partial charge in [0.15, 0.2) is 11.0 Å². The van der Waals surface area contributed by atoms with Gasteiger partial charge in [0, 0.05) is 23.6 Å². The number of amides is 1. The van der Waals surface area contributed by atoms with Crippen LogP contribution < -0.4 is 5.32 Å². The average Bonchev–Trinajstić information content (AvgIpc) is 3.31. The highest BCUT2D eigenvalue weighted by Gasteiger charge is 2.21. The van der Waals surface area contributed by atoms with Crippen molar-refractivity contribution in [1.29, 1.82) is 0 Å². The molecule has 0 aliphatic carbocycles. The Morgan fingerprint density at radius 1 is 1.03 bits per heavy atom. The van der Waals surface area contributed by atoms with Crippen LogP contribution in [0.25, 0.3) is 5.69 Å². The first kappa shape index (κ1) is 25.1. The average molecular weight is 502 g/mol. The zero-order valence-electron chi connectivity index (χ0n) is 20.1. The van der Waals surface area contributed by atoms with Crippen LogP contribution in [-0.2, 0) is 17.1 Å². The first-order chi connectivity index (χ1) is 17.5. The summed E-state index contributed by atoms with van der Waals surface area (Å²) in [6.07, 6.45) is 0.669. The summed E-state index contributed by atoms with van der Waals surface area (Å²) in [4.78, 5) is 23.7. The molecule has 0 radical (unpaired) electrons. The third-order valence-corrected chi connectivity index (χ3v) is 6.96. The van der Waals surface area contributed by atoms with E-state index in [4.69, 9.17) is 0 Å². The number of non-ortho nitro benzene ring substituents is 1. The second kappa shape index (κ2) is 11.6. The van der Waals surface area contributed by atoms with E-state index in [2.05, 4.69) is 34.6 Å². The summed E-state index contributed by atoms with van der Waals surface area (Å²) in [6, 6.07) is 24.1. The zero-order chi connectivity index (χ0) is 25.5. The molecule has 1 unspecified atom stereocenters. The summed E-state index contributed by atoms with van der Waals surface area (Å²) in [5.74, 6) is 0.885. The van der Waals surface area contributed by atoms with E-state index in [-0.39, 0.29) is 24.1 Å². The Kier molecular flexibility index (Phi) is 8.12.